The molecule has 0 aliphatic heterocycles. The largest absolute Gasteiger partial charge is 0.496 e. The molecule has 0 saturated heterocycles. The van der Waals surface area contributed by atoms with Gasteiger partial charge in [0, 0.05) is 11.1 Å². The quantitative estimate of drug-likeness (QED) is 0.907. The number of methoxy groups -OCH3 is 2. The molecule has 1 aromatic carbocycles. The van der Waals surface area contributed by atoms with E-state index in [2.05, 4.69) is 15.9 Å². The van der Waals surface area contributed by atoms with Crippen molar-refractivity contribution in [3.8, 4) is 11.5 Å². The van der Waals surface area contributed by atoms with Crippen LogP contribution in [0.4, 0.5) is 0 Å². The van der Waals surface area contributed by atoms with Gasteiger partial charge < -0.3 is 14.6 Å². The van der Waals surface area contributed by atoms with E-state index >= 15 is 0 Å². The average molecular weight is 261 g/mol. The van der Waals surface area contributed by atoms with Gasteiger partial charge in [0.2, 0.25) is 0 Å². The Kier molecular flexibility index (Phi) is 3.77. The summed E-state index contributed by atoms with van der Waals surface area (Å²) in [7, 11) is 3.17. The minimum atomic E-state index is -0.0710. The van der Waals surface area contributed by atoms with E-state index in [-0.39, 0.29) is 6.61 Å². The van der Waals surface area contributed by atoms with Gasteiger partial charge in [-0.05, 0) is 28.9 Å². The maximum Gasteiger partial charge on any atom is 0.139 e. The van der Waals surface area contributed by atoms with Crippen molar-refractivity contribution in [2.75, 3.05) is 14.2 Å². The standard InChI is InChI=1S/C10H13BrO3/c1-6-8(13-2)4-7(5-12)10(14-3)9(6)11/h4,12H,5H2,1-3H3. The molecule has 0 aromatic heterocycles. The first-order chi connectivity index (χ1) is 6.65. The summed E-state index contributed by atoms with van der Waals surface area (Å²) in [4.78, 5) is 0. The van der Waals surface area contributed by atoms with Gasteiger partial charge >= 0.3 is 0 Å². The lowest BCUT2D eigenvalue weighted by molar-refractivity contribution is 0.272. The second kappa shape index (κ2) is 4.66. The molecule has 78 valence electrons. The van der Waals surface area contributed by atoms with Crippen LogP contribution in [0.15, 0.2) is 10.5 Å². The zero-order valence-electron chi connectivity index (χ0n) is 8.43. The van der Waals surface area contributed by atoms with Crippen LogP contribution in [0.2, 0.25) is 0 Å². The summed E-state index contributed by atoms with van der Waals surface area (Å²) in [5.74, 6) is 1.40. The Morgan fingerprint density at radius 2 is 2.00 bits per heavy atom. The lowest BCUT2D eigenvalue weighted by Crippen LogP contribution is -1.97. The Morgan fingerprint density at radius 3 is 2.43 bits per heavy atom. The summed E-state index contributed by atoms with van der Waals surface area (Å²) in [6.45, 7) is 1.85. The number of hydrogen-bond acceptors (Lipinski definition) is 3. The van der Waals surface area contributed by atoms with Crippen LogP contribution in [0, 0.1) is 6.92 Å². The first kappa shape index (κ1) is 11.3. The fraction of sp³-hybridized carbons (Fsp3) is 0.400. The third-order valence-corrected chi connectivity index (χ3v) is 3.04. The minimum Gasteiger partial charge on any atom is -0.496 e. The summed E-state index contributed by atoms with van der Waals surface area (Å²) >= 11 is 3.41. The zero-order valence-corrected chi connectivity index (χ0v) is 10.0. The highest BCUT2D eigenvalue weighted by molar-refractivity contribution is 9.10. The highest BCUT2D eigenvalue weighted by Crippen LogP contribution is 2.37. The third kappa shape index (κ3) is 1.86. The number of rotatable bonds is 3. The number of ether oxygens (including phenoxy) is 2. The lowest BCUT2D eigenvalue weighted by Gasteiger charge is -2.14. The molecule has 0 aliphatic carbocycles. The fourth-order valence-corrected chi connectivity index (χ4v) is 1.91. The molecule has 0 heterocycles. The molecule has 0 unspecified atom stereocenters. The van der Waals surface area contributed by atoms with Crippen molar-refractivity contribution in [3.05, 3.63) is 21.7 Å². The van der Waals surface area contributed by atoms with Gasteiger partial charge in [0.15, 0.2) is 0 Å². The number of aliphatic hydroxyl groups is 1. The van der Waals surface area contributed by atoms with E-state index in [1.54, 1.807) is 20.3 Å². The van der Waals surface area contributed by atoms with E-state index in [4.69, 9.17) is 14.6 Å². The van der Waals surface area contributed by atoms with Gasteiger partial charge in [-0.15, -0.1) is 0 Å². The van der Waals surface area contributed by atoms with Crippen LogP contribution >= 0.6 is 15.9 Å². The van der Waals surface area contributed by atoms with Gasteiger partial charge in [0.25, 0.3) is 0 Å². The predicted octanol–water partition coefficient (Wildman–Crippen LogP) is 2.27. The molecule has 1 rings (SSSR count). The molecular formula is C10H13BrO3. The summed E-state index contributed by atoms with van der Waals surface area (Å²) in [5, 5.41) is 9.13. The maximum atomic E-state index is 9.13. The zero-order chi connectivity index (χ0) is 10.7. The molecule has 0 amide bonds. The Labute approximate surface area is 91.8 Å². The molecule has 0 atom stereocenters. The van der Waals surface area contributed by atoms with Gasteiger partial charge in [-0.1, -0.05) is 0 Å². The van der Waals surface area contributed by atoms with E-state index in [1.165, 1.54) is 0 Å². The van der Waals surface area contributed by atoms with E-state index in [1.807, 2.05) is 6.92 Å². The van der Waals surface area contributed by atoms with Crippen LogP contribution in [0.3, 0.4) is 0 Å². The van der Waals surface area contributed by atoms with Crippen LogP contribution < -0.4 is 9.47 Å². The monoisotopic (exact) mass is 260 g/mol. The Morgan fingerprint density at radius 1 is 1.36 bits per heavy atom. The summed E-state index contributed by atoms with van der Waals surface area (Å²) in [6.07, 6.45) is 0. The summed E-state index contributed by atoms with van der Waals surface area (Å²) in [6, 6.07) is 1.78. The molecule has 3 nitrogen and oxygen atoms in total. The van der Waals surface area contributed by atoms with E-state index in [0.717, 1.165) is 15.8 Å². The van der Waals surface area contributed by atoms with Gasteiger partial charge in [0.05, 0.1) is 25.3 Å². The van der Waals surface area contributed by atoms with Crippen LogP contribution in [0.5, 0.6) is 11.5 Å². The number of hydrogen-bond donors (Lipinski definition) is 1. The van der Waals surface area contributed by atoms with Gasteiger partial charge in [-0.25, -0.2) is 0 Å². The molecule has 14 heavy (non-hydrogen) atoms. The highest BCUT2D eigenvalue weighted by Gasteiger charge is 2.13. The maximum absolute atomic E-state index is 9.13. The molecule has 0 saturated carbocycles. The van der Waals surface area contributed by atoms with Crippen molar-refractivity contribution in [2.24, 2.45) is 0 Å². The van der Waals surface area contributed by atoms with Crippen molar-refractivity contribution in [3.63, 3.8) is 0 Å². The minimum absolute atomic E-state index is 0.0710. The van der Waals surface area contributed by atoms with E-state index in [9.17, 15) is 0 Å². The average Bonchev–Trinajstić information content (AvgIpc) is 2.21. The first-order valence-electron chi connectivity index (χ1n) is 4.16. The van der Waals surface area contributed by atoms with Gasteiger partial charge in [-0.3, -0.25) is 0 Å². The highest BCUT2D eigenvalue weighted by atomic mass is 79.9. The Hall–Kier alpha value is -0.740. The van der Waals surface area contributed by atoms with E-state index in [0.29, 0.717) is 11.3 Å². The van der Waals surface area contributed by atoms with Crippen molar-refractivity contribution in [2.45, 2.75) is 13.5 Å². The topological polar surface area (TPSA) is 38.7 Å². The SMILES string of the molecule is COc1cc(CO)c(OC)c(Br)c1C. The lowest BCUT2D eigenvalue weighted by atomic mass is 10.1. The van der Waals surface area contributed by atoms with Crippen molar-refractivity contribution in [1.82, 2.24) is 0 Å². The molecule has 4 heteroatoms. The van der Waals surface area contributed by atoms with Crippen LogP contribution in [0.25, 0.3) is 0 Å². The Bertz CT molecular complexity index is 337. The van der Waals surface area contributed by atoms with Crippen molar-refractivity contribution >= 4 is 15.9 Å². The van der Waals surface area contributed by atoms with Crippen LogP contribution in [-0.4, -0.2) is 19.3 Å². The summed E-state index contributed by atoms with van der Waals surface area (Å²) in [5.41, 5.74) is 1.67. The number of halogens is 1. The van der Waals surface area contributed by atoms with Crippen molar-refractivity contribution in [1.29, 1.82) is 0 Å². The molecule has 0 radical (unpaired) electrons. The number of aliphatic hydroxyl groups excluding tert-OH is 1. The normalized spacial score (nSPS) is 10.1. The van der Waals surface area contributed by atoms with E-state index < -0.39 is 0 Å². The molecule has 0 spiro atoms. The Balaban J connectivity index is 3.38. The third-order valence-electron chi connectivity index (χ3n) is 2.09. The fourth-order valence-electron chi connectivity index (χ4n) is 1.30. The van der Waals surface area contributed by atoms with Crippen molar-refractivity contribution < 1.29 is 14.6 Å². The van der Waals surface area contributed by atoms with Crippen LogP contribution in [-0.2, 0) is 6.61 Å². The summed E-state index contributed by atoms with van der Waals surface area (Å²) < 4.78 is 11.2. The molecule has 1 N–H and O–H groups in total. The molecular weight excluding hydrogens is 248 g/mol. The predicted molar refractivity (Wildman–Crippen MR) is 57.9 cm³/mol. The molecule has 1 aromatic rings. The molecule has 0 fully saturated rings. The van der Waals surface area contributed by atoms with Crippen LogP contribution in [0.1, 0.15) is 11.1 Å². The second-order valence-electron chi connectivity index (χ2n) is 2.87. The second-order valence-corrected chi connectivity index (χ2v) is 3.66. The van der Waals surface area contributed by atoms with Gasteiger partial charge in [0.1, 0.15) is 11.5 Å². The molecule has 0 aliphatic rings. The smallest absolute Gasteiger partial charge is 0.139 e. The number of benzene rings is 1. The van der Waals surface area contributed by atoms with Gasteiger partial charge in [-0.2, -0.15) is 0 Å². The first-order valence-corrected chi connectivity index (χ1v) is 4.95. The molecule has 0 bridgehead atoms.